The molecule has 2 aromatic carbocycles. The zero-order valence-corrected chi connectivity index (χ0v) is 20.3. The maximum absolute atomic E-state index is 13.3. The Morgan fingerprint density at radius 1 is 1.17 bits per heavy atom. The van der Waals surface area contributed by atoms with Crippen molar-refractivity contribution in [2.75, 3.05) is 58.9 Å². The number of carbonyl (C=O) groups excluding carboxylic acids is 2. The first kappa shape index (κ1) is 24.8. The Morgan fingerprint density at radius 2 is 1.97 bits per heavy atom. The minimum Gasteiger partial charge on any atom is -0.493 e. The van der Waals surface area contributed by atoms with E-state index >= 15 is 0 Å². The van der Waals surface area contributed by atoms with Gasteiger partial charge >= 0.3 is 5.97 Å². The van der Waals surface area contributed by atoms with Crippen LogP contribution in [0.4, 0.5) is 5.69 Å². The van der Waals surface area contributed by atoms with Crippen molar-refractivity contribution >= 4 is 17.6 Å². The highest BCUT2D eigenvalue weighted by Gasteiger charge is 2.36. The lowest BCUT2D eigenvalue weighted by molar-refractivity contribution is -0.145. The molecule has 2 aromatic rings. The molecule has 0 bridgehead atoms. The van der Waals surface area contributed by atoms with Crippen LogP contribution in [0.2, 0.25) is 0 Å². The van der Waals surface area contributed by atoms with E-state index in [9.17, 15) is 9.59 Å². The molecule has 9 heteroatoms. The van der Waals surface area contributed by atoms with E-state index in [0.717, 1.165) is 24.2 Å². The standard InChI is InChI=1S/C26H33N3O6/c1-3-34-24-15-18(7-8-23(24)32-2)22(16-25(30)35-14-11-28-9-12-33-13-10-28)29-17-20-19(26(29)31)5-4-6-21(20)27/h4-8,15,22H,3,9-14,16-17,27H2,1-2H3. The van der Waals surface area contributed by atoms with E-state index in [-0.39, 0.29) is 18.3 Å². The molecule has 0 aromatic heterocycles. The smallest absolute Gasteiger partial charge is 0.308 e. The number of morpholine rings is 1. The van der Waals surface area contributed by atoms with E-state index in [4.69, 9.17) is 24.7 Å². The van der Waals surface area contributed by atoms with Gasteiger partial charge in [0.05, 0.1) is 39.4 Å². The molecular weight excluding hydrogens is 450 g/mol. The molecule has 1 unspecified atom stereocenters. The topological polar surface area (TPSA) is 104 Å². The van der Waals surface area contributed by atoms with E-state index < -0.39 is 6.04 Å². The molecule has 188 valence electrons. The van der Waals surface area contributed by atoms with E-state index in [1.165, 1.54) is 0 Å². The molecule has 2 aliphatic rings. The number of nitrogens with zero attached hydrogens (tertiary/aromatic N) is 2. The quantitative estimate of drug-likeness (QED) is 0.406. The molecule has 1 atom stereocenters. The third-order valence-corrected chi connectivity index (χ3v) is 6.41. The number of hydrogen-bond donors (Lipinski definition) is 1. The number of ether oxygens (including phenoxy) is 4. The third kappa shape index (κ3) is 5.68. The number of hydrogen-bond acceptors (Lipinski definition) is 8. The summed E-state index contributed by atoms with van der Waals surface area (Å²) >= 11 is 0. The van der Waals surface area contributed by atoms with Crippen molar-refractivity contribution in [2.24, 2.45) is 0 Å². The summed E-state index contributed by atoms with van der Waals surface area (Å²) in [6, 6.07) is 10.2. The normalized spacial score (nSPS) is 16.6. The molecule has 35 heavy (non-hydrogen) atoms. The van der Waals surface area contributed by atoms with Gasteiger partial charge in [-0.15, -0.1) is 0 Å². The fourth-order valence-corrected chi connectivity index (χ4v) is 4.54. The largest absolute Gasteiger partial charge is 0.493 e. The molecule has 1 saturated heterocycles. The van der Waals surface area contributed by atoms with Gasteiger partial charge in [-0.05, 0) is 36.8 Å². The van der Waals surface area contributed by atoms with Gasteiger partial charge in [0, 0.05) is 43.0 Å². The van der Waals surface area contributed by atoms with E-state index in [0.29, 0.717) is 62.3 Å². The molecule has 0 aliphatic carbocycles. The fraction of sp³-hybridized carbons (Fsp3) is 0.462. The third-order valence-electron chi connectivity index (χ3n) is 6.41. The van der Waals surface area contributed by atoms with Crippen molar-refractivity contribution in [3.63, 3.8) is 0 Å². The Kier molecular flexibility index (Phi) is 8.09. The Labute approximate surface area is 205 Å². The van der Waals surface area contributed by atoms with Crippen LogP contribution in [0.5, 0.6) is 11.5 Å². The van der Waals surface area contributed by atoms with E-state index in [1.807, 2.05) is 19.1 Å². The Hall–Kier alpha value is -3.30. The molecule has 2 heterocycles. The second-order valence-electron chi connectivity index (χ2n) is 8.54. The van der Waals surface area contributed by atoms with Gasteiger partial charge in [0.25, 0.3) is 5.91 Å². The van der Waals surface area contributed by atoms with Crippen molar-refractivity contribution in [1.29, 1.82) is 0 Å². The minimum atomic E-state index is -0.546. The first-order chi connectivity index (χ1) is 17.0. The molecule has 4 rings (SSSR count). The van der Waals surface area contributed by atoms with Gasteiger partial charge in [0.1, 0.15) is 6.61 Å². The van der Waals surface area contributed by atoms with Crippen LogP contribution < -0.4 is 15.2 Å². The number of amides is 1. The van der Waals surface area contributed by atoms with Crippen molar-refractivity contribution in [3.05, 3.63) is 53.1 Å². The van der Waals surface area contributed by atoms with Gasteiger partial charge in [-0.25, -0.2) is 0 Å². The number of nitrogen functional groups attached to an aromatic ring is 1. The van der Waals surface area contributed by atoms with Crippen LogP contribution in [-0.2, 0) is 20.8 Å². The van der Waals surface area contributed by atoms with Crippen LogP contribution in [0.25, 0.3) is 0 Å². The number of rotatable bonds is 10. The Morgan fingerprint density at radius 3 is 2.69 bits per heavy atom. The van der Waals surface area contributed by atoms with Gasteiger partial charge < -0.3 is 29.6 Å². The summed E-state index contributed by atoms with van der Waals surface area (Å²) in [5, 5.41) is 0. The average Bonchev–Trinajstić information content (AvgIpc) is 3.21. The highest BCUT2D eigenvalue weighted by molar-refractivity contribution is 6.00. The molecule has 0 saturated carbocycles. The second kappa shape index (κ2) is 11.4. The summed E-state index contributed by atoms with van der Waals surface area (Å²) < 4.78 is 22.1. The van der Waals surface area contributed by atoms with Crippen molar-refractivity contribution < 1.29 is 28.5 Å². The van der Waals surface area contributed by atoms with Crippen LogP contribution in [0.1, 0.15) is 40.9 Å². The summed E-state index contributed by atoms with van der Waals surface area (Å²) in [5.74, 6) is 0.616. The maximum Gasteiger partial charge on any atom is 0.308 e. The summed E-state index contributed by atoms with van der Waals surface area (Å²) in [5.41, 5.74) is 8.83. The summed E-state index contributed by atoms with van der Waals surface area (Å²) in [6.45, 7) is 6.65. The van der Waals surface area contributed by atoms with Gasteiger partial charge in [0.2, 0.25) is 0 Å². The van der Waals surface area contributed by atoms with Crippen molar-refractivity contribution in [2.45, 2.75) is 25.9 Å². The molecule has 1 amide bonds. The molecule has 2 aliphatic heterocycles. The summed E-state index contributed by atoms with van der Waals surface area (Å²) in [4.78, 5) is 30.2. The molecule has 0 spiro atoms. The monoisotopic (exact) mass is 483 g/mol. The number of fused-ring (bicyclic) bond motifs is 1. The molecular formula is C26H33N3O6. The number of esters is 1. The predicted octanol–water partition coefficient (Wildman–Crippen LogP) is 2.64. The van der Waals surface area contributed by atoms with Crippen LogP contribution >= 0.6 is 0 Å². The highest BCUT2D eigenvalue weighted by Crippen LogP contribution is 2.38. The number of nitrogens with two attached hydrogens (primary N) is 1. The Bertz CT molecular complexity index is 1050. The number of anilines is 1. The number of benzene rings is 2. The van der Waals surface area contributed by atoms with Crippen molar-refractivity contribution in [3.8, 4) is 11.5 Å². The first-order valence-corrected chi connectivity index (χ1v) is 12.0. The molecule has 1 fully saturated rings. The van der Waals surface area contributed by atoms with Crippen LogP contribution in [-0.4, -0.2) is 74.8 Å². The summed E-state index contributed by atoms with van der Waals surface area (Å²) in [6.07, 6.45) is 0.0145. The zero-order chi connectivity index (χ0) is 24.8. The van der Waals surface area contributed by atoms with Gasteiger partial charge in [-0.3, -0.25) is 14.5 Å². The fourth-order valence-electron chi connectivity index (χ4n) is 4.54. The lowest BCUT2D eigenvalue weighted by atomic mass is 10.0. The van der Waals surface area contributed by atoms with Crippen LogP contribution in [0, 0.1) is 0 Å². The number of methoxy groups -OCH3 is 1. The van der Waals surface area contributed by atoms with Gasteiger partial charge in [-0.1, -0.05) is 12.1 Å². The lowest BCUT2D eigenvalue weighted by Gasteiger charge is -2.29. The van der Waals surface area contributed by atoms with Gasteiger partial charge in [-0.2, -0.15) is 0 Å². The zero-order valence-electron chi connectivity index (χ0n) is 20.3. The van der Waals surface area contributed by atoms with Crippen molar-refractivity contribution in [1.82, 2.24) is 9.80 Å². The molecule has 0 radical (unpaired) electrons. The maximum atomic E-state index is 13.3. The number of carbonyl (C=O) groups is 2. The SMILES string of the molecule is CCOc1cc(C(CC(=O)OCCN2CCOCC2)N2Cc3c(N)cccc3C2=O)ccc1OC. The average molecular weight is 484 g/mol. The highest BCUT2D eigenvalue weighted by atomic mass is 16.5. The van der Waals surface area contributed by atoms with E-state index in [2.05, 4.69) is 4.90 Å². The summed E-state index contributed by atoms with van der Waals surface area (Å²) in [7, 11) is 1.57. The first-order valence-electron chi connectivity index (χ1n) is 12.0. The van der Waals surface area contributed by atoms with Gasteiger partial charge in [0.15, 0.2) is 11.5 Å². The van der Waals surface area contributed by atoms with E-state index in [1.54, 1.807) is 36.3 Å². The Balaban J connectivity index is 1.54. The molecule has 2 N–H and O–H groups in total. The predicted molar refractivity (Wildman–Crippen MR) is 130 cm³/mol. The molecule has 9 nitrogen and oxygen atoms in total. The minimum absolute atomic E-state index is 0.0145. The second-order valence-corrected chi connectivity index (χ2v) is 8.54. The van der Waals surface area contributed by atoms with Crippen LogP contribution in [0.3, 0.4) is 0 Å². The lowest BCUT2D eigenvalue weighted by Crippen LogP contribution is -2.38. The van der Waals surface area contributed by atoms with Crippen LogP contribution in [0.15, 0.2) is 36.4 Å².